The summed E-state index contributed by atoms with van der Waals surface area (Å²) in [6.45, 7) is 1.32. The maximum atomic E-state index is 12.9. The Kier molecular flexibility index (Phi) is 5.39. The quantitative estimate of drug-likeness (QED) is 0.664. The molecule has 0 N–H and O–H groups in total. The Balaban J connectivity index is 1.43. The maximum Gasteiger partial charge on any atom is 0.262 e. The molecule has 0 aliphatic carbocycles. The third-order valence-electron chi connectivity index (χ3n) is 5.08. The van der Waals surface area contributed by atoms with Gasteiger partial charge in [-0.25, -0.2) is 8.42 Å². The van der Waals surface area contributed by atoms with E-state index in [-0.39, 0.29) is 46.5 Å². The molecule has 7 nitrogen and oxygen atoms in total. The summed E-state index contributed by atoms with van der Waals surface area (Å²) in [6.07, 6.45) is 0. The number of fused-ring (bicyclic) bond motifs is 1. The SMILES string of the molecule is O=C1c2ccccc2C(=O)N1CN1CCN(S(=O)(=O)c2cccc(Cl)c2Cl)CC1. The van der Waals surface area contributed by atoms with Crippen molar-refractivity contribution in [3.8, 4) is 0 Å². The van der Waals surface area contributed by atoms with E-state index < -0.39 is 10.0 Å². The standard InChI is InChI=1S/C19H17Cl2N3O4S/c20-15-6-3-7-16(17(15)21)29(27,28)23-10-8-22(9-11-23)12-24-18(25)13-4-1-2-5-14(13)19(24)26/h1-7H,8-12H2. The van der Waals surface area contributed by atoms with E-state index in [1.165, 1.54) is 21.3 Å². The summed E-state index contributed by atoms with van der Waals surface area (Å²) in [5, 5.41) is 0.180. The van der Waals surface area contributed by atoms with Crippen LogP contribution in [0.25, 0.3) is 0 Å². The summed E-state index contributed by atoms with van der Waals surface area (Å²) in [7, 11) is -3.79. The van der Waals surface area contributed by atoms with E-state index in [1.807, 2.05) is 4.90 Å². The summed E-state index contributed by atoms with van der Waals surface area (Å²) in [6, 6.07) is 11.2. The van der Waals surface area contributed by atoms with Crippen molar-refractivity contribution in [2.75, 3.05) is 32.8 Å². The highest BCUT2D eigenvalue weighted by molar-refractivity contribution is 7.89. The molecule has 2 amide bonds. The summed E-state index contributed by atoms with van der Waals surface area (Å²) in [5.41, 5.74) is 0.795. The van der Waals surface area contributed by atoms with Gasteiger partial charge in [-0.2, -0.15) is 4.31 Å². The second-order valence-electron chi connectivity index (χ2n) is 6.80. The van der Waals surface area contributed by atoms with E-state index in [0.717, 1.165) is 0 Å². The number of halogens is 2. The van der Waals surface area contributed by atoms with Crippen molar-refractivity contribution in [2.24, 2.45) is 0 Å². The smallest absolute Gasteiger partial charge is 0.262 e. The molecule has 152 valence electrons. The Morgan fingerprint density at radius 2 is 1.41 bits per heavy atom. The molecule has 0 saturated carbocycles. The first-order chi connectivity index (χ1) is 13.8. The highest BCUT2D eigenvalue weighted by Gasteiger charge is 2.37. The molecule has 1 fully saturated rings. The van der Waals surface area contributed by atoms with Gasteiger partial charge in [-0.05, 0) is 24.3 Å². The fourth-order valence-electron chi connectivity index (χ4n) is 3.50. The minimum absolute atomic E-state index is 0.00243. The van der Waals surface area contributed by atoms with Crippen molar-refractivity contribution in [1.29, 1.82) is 0 Å². The van der Waals surface area contributed by atoms with Gasteiger partial charge < -0.3 is 0 Å². The van der Waals surface area contributed by atoms with Crippen LogP contribution in [0.3, 0.4) is 0 Å². The molecular weight excluding hydrogens is 437 g/mol. The lowest BCUT2D eigenvalue weighted by molar-refractivity contribution is 0.0500. The van der Waals surface area contributed by atoms with Gasteiger partial charge in [-0.3, -0.25) is 19.4 Å². The number of hydrogen-bond acceptors (Lipinski definition) is 5. The zero-order chi connectivity index (χ0) is 20.8. The first kappa shape index (κ1) is 20.3. The first-order valence-electron chi connectivity index (χ1n) is 8.92. The number of imide groups is 1. The number of rotatable bonds is 4. The third-order valence-corrected chi connectivity index (χ3v) is 7.96. The fraction of sp³-hybridized carbons (Fsp3) is 0.263. The van der Waals surface area contributed by atoms with Crippen LogP contribution < -0.4 is 0 Å². The highest BCUT2D eigenvalue weighted by atomic mass is 35.5. The molecule has 2 aliphatic heterocycles. The zero-order valence-corrected chi connectivity index (χ0v) is 17.5. The Labute approximate surface area is 178 Å². The number of piperazine rings is 1. The van der Waals surface area contributed by atoms with E-state index in [2.05, 4.69) is 0 Å². The molecule has 0 aromatic heterocycles. The Morgan fingerprint density at radius 1 is 0.828 bits per heavy atom. The Bertz CT molecular complexity index is 1060. The Hall–Kier alpha value is -1.97. The summed E-state index contributed by atoms with van der Waals surface area (Å²) in [5.74, 6) is -0.655. The van der Waals surface area contributed by atoms with Crippen molar-refractivity contribution < 1.29 is 18.0 Å². The van der Waals surface area contributed by atoms with Gasteiger partial charge in [0, 0.05) is 26.2 Å². The minimum atomic E-state index is -3.79. The lowest BCUT2D eigenvalue weighted by atomic mass is 10.1. The van der Waals surface area contributed by atoms with Crippen LogP contribution in [0.2, 0.25) is 10.0 Å². The van der Waals surface area contributed by atoms with E-state index in [9.17, 15) is 18.0 Å². The van der Waals surface area contributed by atoms with Gasteiger partial charge in [0.2, 0.25) is 10.0 Å². The molecule has 2 aromatic carbocycles. The van der Waals surface area contributed by atoms with Crippen molar-refractivity contribution in [1.82, 2.24) is 14.1 Å². The molecule has 0 spiro atoms. The van der Waals surface area contributed by atoms with Crippen molar-refractivity contribution in [3.05, 3.63) is 63.6 Å². The molecule has 29 heavy (non-hydrogen) atoms. The fourth-order valence-corrected chi connectivity index (χ4v) is 5.66. The molecule has 2 aliphatic rings. The summed E-state index contributed by atoms with van der Waals surface area (Å²) in [4.78, 5) is 28.1. The molecule has 2 heterocycles. The third kappa shape index (κ3) is 3.55. The highest BCUT2D eigenvalue weighted by Crippen LogP contribution is 2.31. The number of nitrogens with zero attached hydrogens (tertiary/aromatic N) is 3. The van der Waals surface area contributed by atoms with Crippen LogP contribution in [0.1, 0.15) is 20.7 Å². The average Bonchev–Trinajstić information content (AvgIpc) is 2.95. The first-order valence-corrected chi connectivity index (χ1v) is 11.1. The molecule has 10 heteroatoms. The molecule has 0 atom stereocenters. The Morgan fingerprint density at radius 3 is 2.00 bits per heavy atom. The number of hydrogen-bond donors (Lipinski definition) is 0. The summed E-state index contributed by atoms with van der Waals surface area (Å²) < 4.78 is 27.2. The molecular formula is C19H17Cl2N3O4S. The largest absolute Gasteiger partial charge is 0.283 e. The van der Waals surface area contributed by atoms with Gasteiger partial charge in [-0.1, -0.05) is 41.4 Å². The maximum absolute atomic E-state index is 12.9. The van der Waals surface area contributed by atoms with Crippen LogP contribution in [-0.2, 0) is 10.0 Å². The van der Waals surface area contributed by atoms with Crippen LogP contribution in [0, 0.1) is 0 Å². The zero-order valence-electron chi connectivity index (χ0n) is 15.2. The molecule has 0 radical (unpaired) electrons. The number of carbonyl (C=O) groups excluding carboxylic acids is 2. The van der Waals surface area contributed by atoms with Crippen LogP contribution in [0.5, 0.6) is 0 Å². The number of amides is 2. The molecule has 0 bridgehead atoms. The van der Waals surface area contributed by atoms with E-state index in [1.54, 1.807) is 30.3 Å². The lowest BCUT2D eigenvalue weighted by Crippen LogP contribution is -2.52. The molecule has 4 rings (SSSR count). The average molecular weight is 454 g/mol. The van der Waals surface area contributed by atoms with Crippen molar-refractivity contribution in [3.63, 3.8) is 0 Å². The molecule has 2 aromatic rings. The second kappa shape index (κ2) is 7.70. The topological polar surface area (TPSA) is 78.0 Å². The van der Waals surface area contributed by atoms with Crippen molar-refractivity contribution >= 4 is 45.0 Å². The monoisotopic (exact) mass is 453 g/mol. The normalized spacial score (nSPS) is 18.3. The van der Waals surface area contributed by atoms with Gasteiger partial charge in [0.05, 0.1) is 27.8 Å². The van der Waals surface area contributed by atoms with E-state index in [4.69, 9.17) is 23.2 Å². The van der Waals surface area contributed by atoms with Gasteiger partial charge in [-0.15, -0.1) is 0 Å². The van der Waals surface area contributed by atoms with E-state index >= 15 is 0 Å². The molecule has 0 unspecified atom stereocenters. The van der Waals surface area contributed by atoms with Crippen LogP contribution >= 0.6 is 23.2 Å². The number of carbonyl (C=O) groups is 2. The second-order valence-corrected chi connectivity index (χ2v) is 9.49. The molecule has 1 saturated heterocycles. The van der Waals surface area contributed by atoms with Gasteiger partial charge in [0.1, 0.15) is 4.90 Å². The van der Waals surface area contributed by atoms with Gasteiger partial charge in [0.25, 0.3) is 11.8 Å². The minimum Gasteiger partial charge on any atom is -0.283 e. The van der Waals surface area contributed by atoms with Crippen LogP contribution in [0.4, 0.5) is 0 Å². The number of benzene rings is 2. The van der Waals surface area contributed by atoms with Gasteiger partial charge >= 0.3 is 0 Å². The van der Waals surface area contributed by atoms with Crippen LogP contribution in [0.15, 0.2) is 47.4 Å². The predicted molar refractivity (Wildman–Crippen MR) is 109 cm³/mol. The predicted octanol–water partition coefficient (Wildman–Crippen LogP) is 2.55. The van der Waals surface area contributed by atoms with E-state index in [0.29, 0.717) is 24.2 Å². The lowest BCUT2D eigenvalue weighted by Gasteiger charge is -2.35. The van der Waals surface area contributed by atoms with Gasteiger partial charge in [0.15, 0.2) is 0 Å². The number of sulfonamides is 1. The van der Waals surface area contributed by atoms with Crippen LogP contribution in [-0.4, -0.2) is 67.2 Å². The van der Waals surface area contributed by atoms with Crippen molar-refractivity contribution in [2.45, 2.75) is 4.90 Å². The summed E-state index contributed by atoms with van der Waals surface area (Å²) >= 11 is 12.0.